The molecule has 17 heavy (non-hydrogen) atoms. The molecule has 0 amide bonds. The van der Waals surface area contributed by atoms with Gasteiger partial charge in [-0.15, -0.1) is 0 Å². The number of aryl methyl sites for hydroxylation is 1. The Morgan fingerprint density at radius 1 is 1.41 bits per heavy atom. The highest BCUT2D eigenvalue weighted by molar-refractivity contribution is 5.74. The van der Waals surface area contributed by atoms with Gasteiger partial charge in [-0.1, -0.05) is 24.3 Å². The fraction of sp³-hybridized carbons (Fsp3) is 0.500. The normalized spacial score (nSPS) is 24.4. The summed E-state index contributed by atoms with van der Waals surface area (Å²) in [4.78, 5) is 11.8. The van der Waals surface area contributed by atoms with Gasteiger partial charge in [0.2, 0.25) is 0 Å². The number of rotatable bonds is 2. The van der Waals surface area contributed by atoms with Crippen LogP contribution in [0.1, 0.15) is 23.5 Å². The maximum Gasteiger partial charge on any atom is 0.309 e. The summed E-state index contributed by atoms with van der Waals surface area (Å²) < 4.78 is 4.91. The van der Waals surface area contributed by atoms with Gasteiger partial charge in [0, 0.05) is 12.5 Å². The first-order chi connectivity index (χ1) is 8.24. The molecule has 0 aromatic heterocycles. The Hall–Kier alpha value is -1.35. The predicted octanol–water partition coefficient (Wildman–Crippen LogP) is 1.86. The van der Waals surface area contributed by atoms with Gasteiger partial charge < -0.3 is 10.1 Å². The van der Waals surface area contributed by atoms with Crippen LogP contribution in [-0.4, -0.2) is 26.2 Å². The van der Waals surface area contributed by atoms with Crippen LogP contribution in [-0.2, 0) is 9.53 Å². The smallest absolute Gasteiger partial charge is 0.309 e. The minimum absolute atomic E-state index is 0.0117. The lowest BCUT2D eigenvalue weighted by atomic mass is 9.80. The second kappa shape index (κ2) is 5.32. The molecule has 0 bridgehead atoms. The molecule has 1 aromatic rings. The van der Waals surface area contributed by atoms with Crippen LogP contribution in [0.25, 0.3) is 0 Å². The van der Waals surface area contributed by atoms with Crippen LogP contribution in [0, 0.1) is 12.8 Å². The van der Waals surface area contributed by atoms with Crippen molar-refractivity contribution in [3.05, 3.63) is 35.4 Å². The lowest BCUT2D eigenvalue weighted by molar-refractivity contribution is -0.147. The van der Waals surface area contributed by atoms with Gasteiger partial charge in [0.15, 0.2) is 0 Å². The fourth-order valence-corrected chi connectivity index (χ4v) is 2.62. The predicted molar refractivity (Wildman–Crippen MR) is 66.9 cm³/mol. The molecule has 3 nitrogen and oxygen atoms in total. The van der Waals surface area contributed by atoms with Crippen molar-refractivity contribution in [3.8, 4) is 0 Å². The number of esters is 1. The van der Waals surface area contributed by atoms with Crippen LogP contribution in [0.5, 0.6) is 0 Å². The van der Waals surface area contributed by atoms with Crippen LogP contribution in [0.4, 0.5) is 0 Å². The van der Waals surface area contributed by atoms with Crippen LogP contribution in [0.15, 0.2) is 24.3 Å². The molecule has 3 heteroatoms. The molecule has 1 fully saturated rings. The molecule has 2 atom stereocenters. The second-order valence-electron chi connectivity index (χ2n) is 4.59. The average molecular weight is 233 g/mol. The van der Waals surface area contributed by atoms with E-state index in [1.54, 1.807) is 0 Å². The third-order valence-corrected chi connectivity index (χ3v) is 3.57. The summed E-state index contributed by atoms with van der Waals surface area (Å²) in [6, 6.07) is 8.27. The monoisotopic (exact) mass is 233 g/mol. The van der Waals surface area contributed by atoms with Crippen LogP contribution in [0.3, 0.4) is 0 Å². The van der Waals surface area contributed by atoms with Crippen molar-refractivity contribution >= 4 is 5.97 Å². The van der Waals surface area contributed by atoms with Gasteiger partial charge in [-0.2, -0.15) is 0 Å². The molecule has 1 aliphatic rings. The molecule has 0 radical (unpaired) electrons. The highest BCUT2D eigenvalue weighted by atomic mass is 16.5. The van der Waals surface area contributed by atoms with E-state index < -0.39 is 0 Å². The zero-order valence-electron chi connectivity index (χ0n) is 10.4. The minimum atomic E-state index is -0.0836. The van der Waals surface area contributed by atoms with Crippen LogP contribution < -0.4 is 5.32 Å². The van der Waals surface area contributed by atoms with E-state index in [4.69, 9.17) is 4.74 Å². The van der Waals surface area contributed by atoms with Crippen molar-refractivity contribution in [2.75, 3.05) is 20.2 Å². The fourth-order valence-electron chi connectivity index (χ4n) is 2.62. The van der Waals surface area contributed by atoms with E-state index in [-0.39, 0.29) is 17.8 Å². The molecular formula is C14H19NO2. The van der Waals surface area contributed by atoms with Crippen molar-refractivity contribution in [2.45, 2.75) is 19.3 Å². The van der Waals surface area contributed by atoms with E-state index in [1.165, 1.54) is 18.2 Å². The quantitative estimate of drug-likeness (QED) is 0.792. The molecule has 1 aliphatic heterocycles. The van der Waals surface area contributed by atoms with Gasteiger partial charge in [0.05, 0.1) is 13.0 Å². The Labute approximate surface area is 102 Å². The number of hydrogen-bond donors (Lipinski definition) is 1. The van der Waals surface area contributed by atoms with Crippen molar-refractivity contribution in [1.29, 1.82) is 0 Å². The Balaban J connectivity index is 2.28. The van der Waals surface area contributed by atoms with E-state index in [1.807, 2.05) is 12.1 Å². The number of ether oxygens (including phenoxy) is 1. The van der Waals surface area contributed by atoms with Crippen molar-refractivity contribution in [2.24, 2.45) is 5.92 Å². The molecule has 1 aromatic carbocycles. The van der Waals surface area contributed by atoms with Gasteiger partial charge in [0.25, 0.3) is 0 Å². The Bertz CT molecular complexity index is 403. The molecule has 0 saturated carbocycles. The van der Waals surface area contributed by atoms with Gasteiger partial charge in [-0.05, 0) is 31.0 Å². The summed E-state index contributed by atoms with van der Waals surface area (Å²) in [5.41, 5.74) is 2.50. The van der Waals surface area contributed by atoms with Gasteiger partial charge in [-0.3, -0.25) is 4.79 Å². The molecule has 0 spiro atoms. The third kappa shape index (κ3) is 2.50. The first-order valence-electron chi connectivity index (χ1n) is 6.08. The summed E-state index contributed by atoms with van der Waals surface area (Å²) >= 11 is 0. The Kier molecular flexibility index (Phi) is 3.79. The number of piperidine rings is 1. The molecule has 1 N–H and O–H groups in total. The SMILES string of the molecule is COC(=O)[C@H]1CCNC[C@H]1c1ccccc1C. The highest BCUT2D eigenvalue weighted by Crippen LogP contribution is 2.31. The molecule has 0 aliphatic carbocycles. The Morgan fingerprint density at radius 2 is 2.18 bits per heavy atom. The summed E-state index contributed by atoms with van der Waals surface area (Å²) in [5, 5.41) is 3.36. The number of nitrogens with one attached hydrogen (secondary N) is 1. The maximum absolute atomic E-state index is 11.8. The summed E-state index contributed by atoms with van der Waals surface area (Å²) in [6.45, 7) is 3.84. The van der Waals surface area contributed by atoms with Gasteiger partial charge in [0.1, 0.15) is 0 Å². The largest absolute Gasteiger partial charge is 0.469 e. The zero-order chi connectivity index (χ0) is 12.3. The van der Waals surface area contributed by atoms with Gasteiger partial charge in [-0.25, -0.2) is 0 Å². The second-order valence-corrected chi connectivity index (χ2v) is 4.59. The minimum Gasteiger partial charge on any atom is -0.469 e. The summed E-state index contributed by atoms with van der Waals surface area (Å²) in [7, 11) is 1.47. The lowest BCUT2D eigenvalue weighted by Gasteiger charge is -2.31. The molecule has 1 heterocycles. The number of carbonyl (C=O) groups excluding carboxylic acids is 1. The van der Waals surface area contributed by atoms with Gasteiger partial charge >= 0.3 is 5.97 Å². The first kappa shape index (κ1) is 12.1. The number of hydrogen-bond acceptors (Lipinski definition) is 3. The molecule has 0 unspecified atom stereocenters. The third-order valence-electron chi connectivity index (χ3n) is 3.57. The molecular weight excluding hydrogens is 214 g/mol. The number of carbonyl (C=O) groups is 1. The molecule has 92 valence electrons. The van der Waals surface area contributed by atoms with Crippen molar-refractivity contribution in [3.63, 3.8) is 0 Å². The van der Waals surface area contributed by atoms with E-state index in [0.29, 0.717) is 0 Å². The van der Waals surface area contributed by atoms with E-state index in [9.17, 15) is 4.79 Å². The van der Waals surface area contributed by atoms with E-state index in [2.05, 4.69) is 24.4 Å². The first-order valence-corrected chi connectivity index (χ1v) is 6.08. The van der Waals surface area contributed by atoms with Crippen molar-refractivity contribution in [1.82, 2.24) is 5.32 Å². The maximum atomic E-state index is 11.8. The highest BCUT2D eigenvalue weighted by Gasteiger charge is 2.33. The number of benzene rings is 1. The molecule has 1 saturated heterocycles. The zero-order valence-corrected chi connectivity index (χ0v) is 10.4. The van der Waals surface area contributed by atoms with E-state index in [0.717, 1.165) is 19.5 Å². The van der Waals surface area contributed by atoms with E-state index >= 15 is 0 Å². The van der Waals surface area contributed by atoms with Crippen LogP contribution >= 0.6 is 0 Å². The summed E-state index contributed by atoms with van der Waals surface area (Å²) in [5.74, 6) is 0.138. The standard InChI is InChI=1S/C14H19NO2/c1-10-5-3-4-6-11(10)13-9-15-8-7-12(13)14(16)17-2/h3-6,12-13,15H,7-9H2,1-2H3/t12-,13-/m0/s1. The summed E-state index contributed by atoms with van der Waals surface area (Å²) in [6.07, 6.45) is 0.853. The topological polar surface area (TPSA) is 38.3 Å². The van der Waals surface area contributed by atoms with Crippen LogP contribution in [0.2, 0.25) is 0 Å². The van der Waals surface area contributed by atoms with Crippen molar-refractivity contribution < 1.29 is 9.53 Å². The lowest BCUT2D eigenvalue weighted by Crippen LogP contribution is -2.39. The Morgan fingerprint density at radius 3 is 2.88 bits per heavy atom. The number of methoxy groups -OCH3 is 1. The molecule has 2 rings (SSSR count). The average Bonchev–Trinajstić information content (AvgIpc) is 2.38.